The maximum absolute atomic E-state index is 5.95. The van der Waals surface area contributed by atoms with Crippen molar-refractivity contribution < 1.29 is 4.42 Å². The minimum atomic E-state index is 0.522. The summed E-state index contributed by atoms with van der Waals surface area (Å²) in [5, 5.41) is 1.12. The van der Waals surface area contributed by atoms with Crippen LogP contribution >= 0.6 is 0 Å². The second kappa shape index (κ2) is 4.55. The van der Waals surface area contributed by atoms with Crippen molar-refractivity contribution in [2.45, 2.75) is 20.3 Å². The predicted molar refractivity (Wildman–Crippen MR) is 83.9 cm³/mol. The maximum Gasteiger partial charge on any atom is 0.175 e. The minimum absolute atomic E-state index is 0.522. The molecule has 2 heterocycles. The van der Waals surface area contributed by atoms with Crippen LogP contribution in [0.3, 0.4) is 0 Å². The first-order chi connectivity index (χ1) is 10.2. The normalized spacial score (nSPS) is 17.1. The number of hydrogen-bond donors (Lipinski definition) is 0. The van der Waals surface area contributed by atoms with Crippen LogP contribution in [0, 0.1) is 12.8 Å². The van der Waals surface area contributed by atoms with Gasteiger partial charge in [0.2, 0.25) is 0 Å². The standard InChI is InChI=1S/C18H16N2O/c1-11-8-9-15-14(10-11)16-17(21-15)12(2)19-18(20-16)13-6-4-3-5-7-13/h3-7,9-11H,8H2,1-2H3. The quantitative estimate of drug-likeness (QED) is 0.686. The molecule has 3 heteroatoms. The van der Waals surface area contributed by atoms with Crippen molar-refractivity contribution in [3.8, 4) is 11.4 Å². The zero-order valence-corrected chi connectivity index (χ0v) is 12.1. The van der Waals surface area contributed by atoms with E-state index in [0.717, 1.165) is 45.2 Å². The lowest BCUT2D eigenvalue weighted by Crippen LogP contribution is -2.25. The fourth-order valence-corrected chi connectivity index (χ4v) is 2.82. The fourth-order valence-electron chi connectivity index (χ4n) is 2.82. The van der Waals surface area contributed by atoms with Crippen molar-refractivity contribution in [2.24, 2.45) is 5.92 Å². The Hall–Kier alpha value is -2.42. The van der Waals surface area contributed by atoms with Crippen molar-refractivity contribution in [2.75, 3.05) is 0 Å². The van der Waals surface area contributed by atoms with Crippen molar-refractivity contribution >= 4 is 23.3 Å². The fraction of sp³-hybridized carbons (Fsp3) is 0.222. The Morgan fingerprint density at radius 3 is 2.76 bits per heavy atom. The first-order valence-corrected chi connectivity index (χ1v) is 7.27. The lowest BCUT2D eigenvalue weighted by Gasteiger charge is -2.04. The van der Waals surface area contributed by atoms with Crippen LogP contribution in [0.4, 0.5) is 0 Å². The SMILES string of the molecule is Cc1nc(-c2ccccc2)nc2c3c(oc12)=CCC(C)C=3. The van der Waals surface area contributed by atoms with Crippen LogP contribution in [-0.2, 0) is 0 Å². The molecule has 1 aliphatic carbocycles. The average molecular weight is 276 g/mol. The van der Waals surface area contributed by atoms with Crippen molar-refractivity contribution in [3.05, 3.63) is 46.7 Å². The minimum Gasteiger partial charge on any atom is -0.453 e. The highest BCUT2D eigenvalue weighted by Crippen LogP contribution is 2.20. The van der Waals surface area contributed by atoms with Crippen LogP contribution in [0.1, 0.15) is 19.0 Å². The molecule has 0 aliphatic heterocycles. The Labute approximate surface area is 122 Å². The third kappa shape index (κ3) is 1.97. The summed E-state index contributed by atoms with van der Waals surface area (Å²) in [5.41, 5.74) is 4.60. The summed E-state index contributed by atoms with van der Waals surface area (Å²) in [6, 6.07) is 10.1. The molecule has 0 bridgehead atoms. The molecular weight excluding hydrogens is 260 g/mol. The number of rotatable bonds is 1. The Bertz CT molecular complexity index is 939. The maximum atomic E-state index is 5.95. The van der Waals surface area contributed by atoms with Crippen LogP contribution in [0.5, 0.6) is 0 Å². The van der Waals surface area contributed by atoms with Crippen molar-refractivity contribution in [1.29, 1.82) is 0 Å². The molecule has 1 unspecified atom stereocenters. The Kier molecular flexibility index (Phi) is 2.67. The smallest absolute Gasteiger partial charge is 0.175 e. The Morgan fingerprint density at radius 2 is 1.95 bits per heavy atom. The molecule has 0 N–H and O–H groups in total. The van der Waals surface area contributed by atoms with Gasteiger partial charge in [0.15, 0.2) is 11.4 Å². The van der Waals surface area contributed by atoms with Crippen LogP contribution < -0.4 is 10.6 Å². The molecule has 0 spiro atoms. The molecule has 0 amide bonds. The number of furan rings is 1. The predicted octanol–water partition coefficient (Wildman–Crippen LogP) is 2.80. The Balaban J connectivity index is 2.07. The topological polar surface area (TPSA) is 38.9 Å². The van der Waals surface area contributed by atoms with Crippen LogP contribution in [0.15, 0.2) is 34.7 Å². The zero-order chi connectivity index (χ0) is 14.4. The average Bonchev–Trinajstić information content (AvgIpc) is 2.87. The molecule has 1 aliphatic rings. The van der Waals surface area contributed by atoms with Gasteiger partial charge in [-0.3, -0.25) is 0 Å². The highest BCUT2D eigenvalue weighted by molar-refractivity contribution is 5.79. The number of hydrogen-bond acceptors (Lipinski definition) is 3. The molecule has 3 aromatic rings. The molecule has 1 aromatic carbocycles. The van der Waals surface area contributed by atoms with Gasteiger partial charge >= 0.3 is 0 Å². The van der Waals surface area contributed by atoms with E-state index in [-0.39, 0.29) is 0 Å². The van der Waals surface area contributed by atoms with Gasteiger partial charge < -0.3 is 4.42 Å². The van der Waals surface area contributed by atoms with Gasteiger partial charge in [0.25, 0.3) is 0 Å². The lowest BCUT2D eigenvalue weighted by atomic mass is 10.0. The third-order valence-electron chi connectivity index (χ3n) is 3.93. The van der Waals surface area contributed by atoms with Gasteiger partial charge in [-0.1, -0.05) is 43.3 Å². The van der Waals surface area contributed by atoms with E-state index in [1.165, 1.54) is 0 Å². The van der Waals surface area contributed by atoms with E-state index in [0.29, 0.717) is 5.92 Å². The highest BCUT2D eigenvalue weighted by atomic mass is 16.3. The first-order valence-electron chi connectivity index (χ1n) is 7.27. The van der Waals surface area contributed by atoms with E-state index in [1.807, 2.05) is 37.3 Å². The van der Waals surface area contributed by atoms with E-state index in [2.05, 4.69) is 24.1 Å². The molecule has 21 heavy (non-hydrogen) atoms. The number of nitrogens with zero attached hydrogens (tertiary/aromatic N) is 2. The molecule has 0 fully saturated rings. The molecule has 4 rings (SSSR count). The molecule has 0 radical (unpaired) electrons. The second-order valence-corrected chi connectivity index (χ2v) is 5.64. The summed E-state index contributed by atoms with van der Waals surface area (Å²) in [4.78, 5) is 9.36. The van der Waals surface area contributed by atoms with Gasteiger partial charge in [-0.15, -0.1) is 0 Å². The van der Waals surface area contributed by atoms with E-state index < -0.39 is 0 Å². The number of aromatic nitrogens is 2. The molecule has 104 valence electrons. The van der Waals surface area contributed by atoms with Crippen molar-refractivity contribution in [1.82, 2.24) is 9.97 Å². The van der Waals surface area contributed by atoms with E-state index >= 15 is 0 Å². The molecule has 1 atom stereocenters. The Morgan fingerprint density at radius 1 is 1.14 bits per heavy atom. The number of benzene rings is 1. The number of aryl methyl sites for hydroxylation is 1. The molecule has 0 saturated carbocycles. The summed E-state index contributed by atoms with van der Waals surface area (Å²) < 4.78 is 5.95. The van der Waals surface area contributed by atoms with Gasteiger partial charge in [-0.25, -0.2) is 9.97 Å². The first kappa shape index (κ1) is 12.3. The van der Waals surface area contributed by atoms with Crippen LogP contribution in [0.25, 0.3) is 34.6 Å². The summed E-state index contributed by atoms with van der Waals surface area (Å²) in [6.45, 7) is 4.19. The largest absolute Gasteiger partial charge is 0.453 e. The zero-order valence-electron chi connectivity index (χ0n) is 12.1. The van der Waals surface area contributed by atoms with E-state index in [9.17, 15) is 0 Å². The van der Waals surface area contributed by atoms with Crippen LogP contribution in [-0.4, -0.2) is 9.97 Å². The second-order valence-electron chi connectivity index (χ2n) is 5.64. The monoisotopic (exact) mass is 276 g/mol. The highest BCUT2D eigenvalue weighted by Gasteiger charge is 2.14. The van der Waals surface area contributed by atoms with Gasteiger partial charge in [0, 0.05) is 10.8 Å². The molecule has 2 aromatic heterocycles. The summed E-state index contributed by atoms with van der Waals surface area (Å²) in [6.07, 6.45) is 5.43. The van der Waals surface area contributed by atoms with Gasteiger partial charge in [0.05, 0.1) is 5.69 Å². The van der Waals surface area contributed by atoms with Gasteiger partial charge in [-0.2, -0.15) is 0 Å². The van der Waals surface area contributed by atoms with Gasteiger partial charge in [0.1, 0.15) is 10.9 Å². The third-order valence-corrected chi connectivity index (χ3v) is 3.93. The summed E-state index contributed by atoms with van der Waals surface area (Å²) in [7, 11) is 0. The number of fused-ring (bicyclic) bond motifs is 3. The molecular formula is C18H16N2O. The van der Waals surface area contributed by atoms with Crippen molar-refractivity contribution in [3.63, 3.8) is 0 Å². The summed E-state index contributed by atoms with van der Waals surface area (Å²) in [5.74, 6) is 1.28. The van der Waals surface area contributed by atoms with E-state index in [4.69, 9.17) is 9.40 Å². The lowest BCUT2D eigenvalue weighted by molar-refractivity contribution is 0.563. The molecule has 3 nitrogen and oxygen atoms in total. The van der Waals surface area contributed by atoms with Crippen LogP contribution in [0.2, 0.25) is 0 Å². The molecule has 0 saturated heterocycles. The van der Waals surface area contributed by atoms with E-state index in [1.54, 1.807) is 0 Å². The summed E-state index contributed by atoms with van der Waals surface area (Å²) >= 11 is 0. The van der Waals surface area contributed by atoms with Gasteiger partial charge in [-0.05, 0) is 25.3 Å².